The first-order valence-electron chi connectivity index (χ1n) is 8.02. The van der Waals surface area contributed by atoms with E-state index in [0.717, 1.165) is 12.8 Å². The Bertz CT molecular complexity index is 350. The molecule has 1 saturated carbocycles. The molecule has 0 spiro atoms. The predicted molar refractivity (Wildman–Crippen MR) is 83.0 cm³/mol. The molecule has 2 amide bonds. The monoisotopic (exact) mass is 298 g/mol. The van der Waals surface area contributed by atoms with Crippen LogP contribution in [-0.4, -0.2) is 30.2 Å². The van der Waals surface area contributed by atoms with Gasteiger partial charge in [-0.25, -0.2) is 4.79 Å². The van der Waals surface area contributed by atoms with Gasteiger partial charge in [-0.3, -0.25) is 4.79 Å². The average molecular weight is 298 g/mol. The van der Waals surface area contributed by atoms with E-state index in [-0.39, 0.29) is 5.91 Å². The summed E-state index contributed by atoms with van der Waals surface area (Å²) in [7, 11) is 0. The number of carbonyl (C=O) groups excluding carboxylic acids is 2. The summed E-state index contributed by atoms with van der Waals surface area (Å²) in [4.78, 5) is 23.3. The molecule has 0 aromatic rings. The molecule has 21 heavy (non-hydrogen) atoms. The van der Waals surface area contributed by atoms with Gasteiger partial charge in [0.25, 0.3) is 0 Å². The highest BCUT2D eigenvalue weighted by Crippen LogP contribution is 2.23. The summed E-state index contributed by atoms with van der Waals surface area (Å²) in [5.41, 5.74) is -0.487. The first kappa shape index (κ1) is 17.8. The zero-order valence-corrected chi connectivity index (χ0v) is 13.8. The van der Waals surface area contributed by atoms with E-state index in [9.17, 15) is 9.59 Å². The topological polar surface area (TPSA) is 67.4 Å². The van der Waals surface area contributed by atoms with E-state index in [1.54, 1.807) is 0 Å². The van der Waals surface area contributed by atoms with E-state index in [2.05, 4.69) is 17.6 Å². The molecule has 0 radical (unpaired) electrons. The highest BCUT2D eigenvalue weighted by Gasteiger charge is 2.20. The largest absolute Gasteiger partial charge is 0.444 e. The molecule has 2 unspecified atom stereocenters. The van der Waals surface area contributed by atoms with E-state index < -0.39 is 11.7 Å². The minimum Gasteiger partial charge on any atom is -0.444 e. The summed E-state index contributed by atoms with van der Waals surface area (Å²) in [6.07, 6.45) is 5.30. The quantitative estimate of drug-likeness (QED) is 0.767. The van der Waals surface area contributed by atoms with Crippen molar-refractivity contribution in [1.82, 2.24) is 10.6 Å². The molecule has 2 atom stereocenters. The Hall–Kier alpha value is -1.26. The molecule has 5 nitrogen and oxygen atoms in total. The fraction of sp³-hybridized carbons (Fsp3) is 0.875. The number of alkyl carbamates (subject to hydrolysis) is 1. The van der Waals surface area contributed by atoms with Gasteiger partial charge in [0.1, 0.15) is 5.60 Å². The molecule has 0 aliphatic heterocycles. The summed E-state index contributed by atoms with van der Waals surface area (Å²) < 4.78 is 5.13. The van der Waals surface area contributed by atoms with Crippen LogP contribution in [-0.2, 0) is 9.53 Å². The van der Waals surface area contributed by atoms with Gasteiger partial charge in [0, 0.05) is 19.0 Å². The minimum atomic E-state index is -0.487. The van der Waals surface area contributed by atoms with Crippen molar-refractivity contribution in [2.75, 3.05) is 6.54 Å². The average Bonchev–Trinajstić information content (AvgIpc) is 2.32. The maximum absolute atomic E-state index is 11.8. The first-order valence-corrected chi connectivity index (χ1v) is 8.02. The number of nitrogens with one attached hydrogen (secondary N) is 2. The molecule has 1 aliphatic carbocycles. The molecule has 0 bridgehead atoms. The third-order valence-corrected chi connectivity index (χ3v) is 3.55. The van der Waals surface area contributed by atoms with Crippen molar-refractivity contribution in [3.63, 3.8) is 0 Å². The Labute approximate surface area is 128 Å². The van der Waals surface area contributed by atoms with Crippen molar-refractivity contribution in [3.8, 4) is 0 Å². The second-order valence-corrected chi connectivity index (χ2v) is 7.07. The Balaban J connectivity index is 2.09. The fourth-order valence-electron chi connectivity index (χ4n) is 2.62. The van der Waals surface area contributed by atoms with E-state index in [4.69, 9.17) is 4.74 Å². The van der Waals surface area contributed by atoms with Gasteiger partial charge in [0.05, 0.1) is 0 Å². The highest BCUT2D eigenvalue weighted by atomic mass is 16.6. The summed E-state index contributed by atoms with van der Waals surface area (Å²) in [5.74, 6) is 0.790. The molecule has 2 N–H and O–H groups in total. The summed E-state index contributed by atoms with van der Waals surface area (Å²) in [6.45, 7) is 8.17. The second kappa shape index (κ2) is 8.25. The summed E-state index contributed by atoms with van der Waals surface area (Å²) in [6, 6.07) is 0.333. The number of carbonyl (C=O) groups is 2. The molecule has 0 heterocycles. The van der Waals surface area contributed by atoms with Gasteiger partial charge in [-0.15, -0.1) is 0 Å². The van der Waals surface area contributed by atoms with E-state index in [0.29, 0.717) is 31.3 Å². The number of ether oxygens (including phenoxy) is 1. The number of rotatable bonds is 5. The lowest BCUT2D eigenvalue weighted by Crippen LogP contribution is -2.38. The van der Waals surface area contributed by atoms with Crippen molar-refractivity contribution in [3.05, 3.63) is 0 Å². The van der Waals surface area contributed by atoms with E-state index in [1.807, 2.05) is 20.8 Å². The Kier molecular flexibility index (Phi) is 6.99. The van der Waals surface area contributed by atoms with Crippen LogP contribution in [0.5, 0.6) is 0 Å². The van der Waals surface area contributed by atoms with Crippen LogP contribution in [0, 0.1) is 5.92 Å². The molecular weight excluding hydrogens is 268 g/mol. The van der Waals surface area contributed by atoms with Crippen LogP contribution in [0.4, 0.5) is 4.79 Å². The van der Waals surface area contributed by atoms with Gasteiger partial charge in [-0.2, -0.15) is 0 Å². The van der Waals surface area contributed by atoms with Gasteiger partial charge < -0.3 is 15.4 Å². The zero-order chi connectivity index (χ0) is 15.9. The molecule has 0 aromatic carbocycles. The molecule has 0 aromatic heterocycles. The van der Waals surface area contributed by atoms with Gasteiger partial charge >= 0.3 is 6.09 Å². The van der Waals surface area contributed by atoms with Crippen LogP contribution in [0.1, 0.15) is 66.2 Å². The summed E-state index contributed by atoms with van der Waals surface area (Å²) >= 11 is 0. The number of amides is 2. The lowest BCUT2D eigenvalue weighted by molar-refractivity contribution is -0.122. The molecule has 1 rings (SSSR count). The van der Waals surface area contributed by atoms with Crippen molar-refractivity contribution in [1.29, 1.82) is 0 Å². The third kappa shape index (κ3) is 8.58. The van der Waals surface area contributed by atoms with Crippen LogP contribution in [0.2, 0.25) is 0 Å². The first-order chi connectivity index (χ1) is 9.76. The molecule has 5 heteroatoms. The van der Waals surface area contributed by atoms with Gasteiger partial charge in [-0.05, 0) is 46.0 Å². The maximum Gasteiger partial charge on any atom is 0.407 e. The van der Waals surface area contributed by atoms with Crippen LogP contribution in [0.3, 0.4) is 0 Å². The van der Waals surface area contributed by atoms with Crippen LogP contribution in [0.15, 0.2) is 0 Å². The van der Waals surface area contributed by atoms with Gasteiger partial charge in [-0.1, -0.05) is 19.8 Å². The van der Waals surface area contributed by atoms with E-state index >= 15 is 0 Å². The van der Waals surface area contributed by atoms with Crippen molar-refractivity contribution < 1.29 is 14.3 Å². The van der Waals surface area contributed by atoms with Crippen molar-refractivity contribution in [2.45, 2.75) is 77.9 Å². The van der Waals surface area contributed by atoms with Crippen LogP contribution < -0.4 is 10.6 Å². The van der Waals surface area contributed by atoms with Gasteiger partial charge in [0.15, 0.2) is 0 Å². The smallest absolute Gasteiger partial charge is 0.407 e. The van der Waals surface area contributed by atoms with Crippen LogP contribution >= 0.6 is 0 Å². The standard InChI is InChI=1S/C16H30N2O3/c1-12-7-5-8-13(11-12)18-14(19)9-6-10-17-15(20)21-16(2,3)4/h12-13H,5-11H2,1-4H3,(H,17,20)(H,18,19). The maximum atomic E-state index is 11.8. The van der Waals surface area contributed by atoms with Crippen molar-refractivity contribution in [2.24, 2.45) is 5.92 Å². The van der Waals surface area contributed by atoms with E-state index in [1.165, 1.54) is 12.8 Å². The number of hydrogen-bond donors (Lipinski definition) is 2. The fourth-order valence-corrected chi connectivity index (χ4v) is 2.62. The molecule has 122 valence electrons. The summed E-state index contributed by atoms with van der Waals surface area (Å²) in [5, 5.41) is 5.76. The van der Waals surface area contributed by atoms with Crippen LogP contribution in [0.25, 0.3) is 0 Å². The zero-order valence-electron chi connectivity index (χ0n) is 13.8. The van der Waals surface area contributed by atoms with Crippen molar-refractivity contribution >= 4 is 12.0 Å². The molecular formula is C16H30N2O3. The Morgan fingerprint density at radius 1 is 1.24 bits per heavy atom. The minimum absolute atomic E-state index is 0.0834. The third-order valence-electron chi connectivity index (χ3n) is 3.55. The lowest BCUT2D eigenvalue weighted by Gasteiger charge is -2.27. The highest BCUT2D eigenvalue weighted by molar-refractivity contribution is 5.76. The molecule has 0 saturated heterocycles. The lowest BCUT2D eigenvalue weighted by atomic mass is 9.87. The SMILES string of the molecule is CC1CCCC(NC(=O)CCCNC(=O)OC(C)(C)C)C1. The normalized spacial score (nSPS) is 22.5. The van der Waals surface area contributed by atoms with Gasteiger partial charge in [0.2, 0.25) is 5.91 Å². The Morgan fingerprint density at radius 3 is 2.57 bits per heavy atom. The predicted octanol–water partition coefficient (Wildman–Crippen LogP) is 2.99. The Morgan fingerprint density at radius 2 is 1.95 bits per heavy atom. The second-order valence-electron chi connectivity index (χ2n) is 7.07. The molecule has 1 aliphatic rings. The molecule has 1 fully saturated rings. The number of hydrogen-bond acceptors (Lipinski definition) is 3.